The van der Waals surface area contributed by atoms with Crippen LogP contribution < -0.4 is 0 Å². The third-order valence-electron chi connectivity index (χ3n) is 2.43. The highest BCUT2D eigenvalue weighted by molar-refractivity contribution is 14.1. The molecule has 0 amide bonds. The highest BCUT2D eigenvalue weighted by atomic mass is 127. The third-order valence-corrected chi connectivity index (χ3v) is 4.80. The lowest BCUT2D eigenvalue weighted by Gasteiger charge is -2.07. The Morgan fingerprint density at radius 1 is 1.16 bits per heavy atom. The molecule has 0 N–H and O–H groups in total. The summed E-state index contributed by atoms with van der Waals surface area (Å²) in [5, 5.41) is 0.703. The summed E-state index contributed by atoms with van der Waals surface area (Å²) in [7, 11) is 0. The number of hydrogen-bond donors (Lipinski definition) is 0. The quantitative estimate of drug-likeness (QED) is 0.309. The van der Waals surface area contributed by atoms with Crippen LogP contribution in [0.25, 0.3) is 0 Å². The Morgan fingerprint density at radius 3 is 2.53 bits per heavy atom. The highest BCUT2D eigenvalue weighted by Crippen LogP contribution is 2.28. The molecule has 0 saturated carbocycles. The van der Waals surface area contributed by atoms with Crippen LogP contribution in [0.15, 0.2) is 34.8 Å². The minimum absolute atomic E-state index is 0.0756. The number of hydrogen-bond acceptors (Lipinski definition) is 1. The molecule has 0 aliphatic heterocycles. The molecule has 0 fully saturated rings. The van der Waals surface area contributed by atoms with Crippen molar-refractivity contribution in [1.82, 2.24) is 0 Å². The van der Waals surface area contributed by atoms with Crippen LogP contribution in [0.1, 0.15) is 15.9 Å². The Bertz CT molecular complexity index is 676. The molecular formula is C13H5BrCl2FIO. The second kappa shape index (κ2) is 6.08. The number of carbonyl (C=O) groups excluding carboxylic acids is 1. The van der Waals surface area contributed by atoms with Gasteiger partial charge in [-0.15, -0.1) is 0 Å². The fourth-order valence-electron chi connectivity index (χ4n) is 1.51. The number of ketones is 1. The smallest absolute Gasteiger partial charge is 0.197 e. The Balaban J connectivity index is 2.56. The maximum absolute atomic E-state index is 13.9. The Morgan fingerprint density at radius 2 is 1.84 bits per heavy atom. The lowest BCUT2D eigenvalue weighted by molar-refractivity contribution is 0.103. The van der Waals surface area contributed by atoms with E-state index in [4.69, 9.17) is 23.2 Å². The van der Waals surface area contributed by atoms with E-state index in [9.17, 15) is 9.18 Å². The minimum Gasteiger partial charge on any atom is -0.288 e. The van der Waals surface area contributed by atoms with Gasteiger partial charge in [0.25, 0.3) is 0 Å². The maximum atomic E-state index is 13.9. The molecule has 98 valence electrons. The summed E-state index contributed by atoms with van der Waals surface area (Å²) < 4.78 is 15.0. The van der Waals surface area contributed by atoms with Gasteiger partial charge in [-0.05, 0) is 68.9 Å². The molecule has 0 aliphatic carbocycles. The van der Waals surface area contributed by atoms with E-state index in [0.29, 0.717) is 18.6 Å². The molecule has 0 spiro atoms. The van der Waals surface area contributed by atoms with E-state index in [0.717, 1.165) is 0 Å². The van der Waals surface area contributed by atoms with E-state index in [1.54, 1.807) is 12.1 Å². The van der Waals surface area contributed by atoms with Gasteiger partial charge in [0.15, 0.2) is 5.78 Å². The molecule has 0 aliphatic rings. The van der Waals surface area contributed by atoms with Crippen LogP contribution in [0, 0.1) is 9.39 Å². The van der Waals surface area contributed by atoms with Gasteiger partial charge in [-0.3, -0.25) is 4.79 Å². The van der Waals surface area contributed by atoms with Gasteiger partial charge in [-0.2, -0.15) is 0 Å². The third kappa shape index (κ3) is 3.29. The number of carbonyl (C=O) groups is 1. The molecule has 2 aromatic carbocycles. The molecular weight excluding hydrogens is 469 g/mol. The topological polar surface area (TPSA) is 17.1 Å². The van der Waals surface area contributed by atoms with Crippen molar-refractivity contribution < 1.29 is 9.18 Å². The van der Waals surface area contributed by atoms with Gasteiger partial charge in [0.1, 0.15) is 5.82 Å². The molecule has 19 heavy (non-hydrogen) atoms. The zero-order valence-electron chi connectivity index (χ0n) is 9.18. The minimum atomic E-state index is -0.628. The van der Waals surface area contributed by atoms with Crippen molar-refractivity contribution in [2.24, 2.45) is 0 Å². The van der Waals surface area contributed by atoms with Gasteiger partial charge < -0.3 is 0 Å². The molecule has 0 heterocycles. The molecule has 0 saturated heterocycles. The van der Waals surface area contributed by atoms with Gasteiger partial charge in [-0.25, -0.2) is 4.39 Å². The molecule has 0 atom stereocenters. The molecule has 0 unspecified atom stereocenters. The van der Waals surface area contributed by atoms with Crippen LogP contribution in [-0.4, -0.2) is 5.78 Å². The van der Waals surface area contributed by atoms with Gasteiger partial charge in [-0.1, -0.05) is 23.2 Å². The predicted molar refractivity (Wildman–Crippen MR) is 86.7 cm³/mol. The predicted octanol–water partition coefficient (Wildman–Crippen LogP) is 5.73. The zero-order valence-corrected chi connectivity index (χ0v) is 14.4. The van der Waals surface area contributed by atoms with E-state index in [2.05, 4.69) is 15.9 Å². The monoisotopic (exact) mass is 472 g/mol. The van der Waals surface area contributed by atoms with Crippen LogP contribution in [0.4, 0.5) is 4.39 Å². The van der Waals surface area contributed by atoms with Crippen LogP contribution in [0.5, 0.6) is 0 Å². The normalized spacial score (nSPS) is 10.6. The van der Waals surface area contributed by atoms with Crippen LogP contribution in [0.3, 0.4) is 0 Å². The zero-order chi connectivity index (χ0) is 14.2. The van der Waals surface area contributed by atoms with Crippen LogP contribution in [0.2, 0.25) is 10.0 Å². The van der Waals surface area contributed by atoms with Crippen molar-refractivity contribution in [3.8, 4) is 0 Å². The largest absolute Gasteiger partial charge is 0.288 e. The van der Waals surface area contributed by atoms with E-state index >= 15 is 0 Å². The van der Waals surface area contributed by atoms with Gasteiger partial charge in [0.05, 0.1) is 10.6 Å². The summed E-state index contributed by atoms with van der Waals surface area (Å²) in [4.78, 5) is 12.3. The average molecular weight is 474 g/mol. The summed E-state index contributed by atoms with van der Waals surface area (Å²) >= 11 is 16.9. The molecule has 6 heteroatoms. The Labute approximate surface area is 141 Å². The van der Waals surface area contributed by atoms with Crippen molar-refractivity contribution in [2.45, 2.75) is 0 Å². The van der Waals surface area contributed by atoms with Crippen molar-refractivity contribution >= 4 is 67.5 Å². The maximum Gasteiger partial charge on any atom is 0.197 e. The summed E-state index contributed by atoms with van der Waals surface area (Å²) in [6.45, 7) is 0. The fourth-order valence-corrected chi connectivity index (χ4v) is 2.74. The average Bonchev–Trinajstić information content (AvgIpc) is 2.36. The summed E-state index contributed by atoms with van der Waals surface area (Å²) in [6.07, 6.45) is 0. The first-order valence-corrected chi connectivity index (χ1v) is 7.67. The first-order valence-electron chi connectivity index (χ1n) is 5.04. The number of halogens is 5. The van der Waals surface area contributed by atoms with Crippen LogP contribution in [-0.2, 0) is 0 Å². The second-order valence-corrected chi connectivity index (χ2v) is 6.56. The molecule has 2 rings (SSSR count). The van der Waals surface area contributed by atoms with Crippen molar-refractivity contribution in [1.29, 1.82) is 0 Å². The number of benzene rings is 2. The Kier molecular flexibility index (Phi) is 4.87. The lowest BCUT2D eigenvalue weighted by atomic mass is 10.0. The van der Waals surface area contributed by atoms with Gasteiger partial charge in [0, 0.05) is 18.6 Å². The van der Waals surface area contributed by atoms with Crippen molar-refractivity contribution in [3.63, 3.8) is 0 Å². The fraction of sp³-hybridized carbons (Fsp3) is 0. The SMILES string of the molecule is O=C(c1cc(Cl)c(Br)cc1F)c1cc(Cl)ccc1I. The number of rotatable bonds is 2. The standard InChI is InChI=1S/C13H5BrCl2FIO/c14-9-5-11(17)7(4-10(9)16)13(19)8-3-6(15)1-2-12(8)18/h1-5H. The first kappa shape index (κ1) is 15.2. The molecule has 0 aromatic heterocycles. The first-order chi connectivity index (χ1) is 8.90. The van der Waals surface area contributed by atoms with Gasteiger partial charge >= 0.3 is 0 Å². The summed E-state index contributed by atoms with van der Waals surface area (Å²) in [5.41, 5.74) is 0.277. The molecule has 0 radical (unpaired) electrons. The van der Waals surface area contributed by atoms with Crippen molar-refractivity contribution in [2.75, 3.05) is 0 Å². The lowest BCUT2D eigenvalue weighted by Crippen LogP contribution is -2.06. The highest BCUT2D eigenvalue weighted by Gasteiger charge is 2.18. The second-order valence-electron chi connectivity index (χ2n) is 3.70. The Hall–Kier alpha value is -0.170. The van der Waals surface area contributed by atoms with E-state index < -0.39 is 11.6 Å². The van der Waals surface area contributed by atoms with Gasteiger partial charge in [0.2, 0.25) is 0 Å². The molecule has 0 bridgehead atoms. The van der Waals surface area contributed by atoms with E-state index in [1.165, 1.54) is 18.2 Å². The summed E-state index contributed by atoms with van der Waals surface area (Å²) in [6, 6.07) is 7.37. The summed E-state index contributed by atoms with van der Waals surface area (Å²) in [5.74, 6) is -1.07. The van der Waals surface area contributed by atoms with Crippen LogP contribution >= 0.6 is 61.7 Å². The van der Waals surface area contributed by atoms with E-state index in [1.807, 2.05) is 22.6 Å². The molecule has 2 aromatic rings. The van der Waals surface area contributed by atoms with Crippen molar-refractivity contribution in [3.05, 3.63) is 65.4 Å². The molecule has 1 nitrogen and oxygen atoms in total. The van der Waals surface area contributed by atoms with E-state index in [-0.39, 0.29) is 10.6 Å².